The number of sulfonamides is 1. The van der Waals surface area contributed by atoms with E-state index in [-0.39, 0.29) is 12.3 Å². The standard InChI is InChI=1S/C26H35N7O3SSi/c1-6-37(34,35)32-10-8-26(18-32,20(2)13-27)33-17-22(16-30-33)24-21(14-28)15-29-25-23(24)7-9-31(25)19-36-11-12-38(3,4)5/h7,9,15-17,20H,6,8,10-12,18-19H2,1-5H3. The lowest BCUT2D eigenvalue weighted by molar-refractivity contribution is 0.0899. The van der Waals surface area contributed by atoms with Gasteiger partial charge in [-0.25, -0.2) is 13.4 Å². The van der Waals surface area contributed by atoms with Crippen molar-refractivity contribution in [3.8, 4) is 23.3 Å². The molecular formula is C26H35N7O3SSi. The summed E-state index contributed by atoms with van der Waals surface area (Å²) in [5, 5.41) is 25.1. The average molecular weight is 554 g/mol. The predicted molar refractivity (Wildman–Crippen MR) is 148 cm³/mol. The van der Waals surface area contributed by atoms with Gasteiger partial charge in [0, 0.05) is 62.9 Å². The summed E-state index contributed by atoms with van der Waals surface area (Å²) in [6.45, 7) is 11.9. The lowest BCUT2D eigenvalue weighted by Gasteiger charge is -2.32. The second-order valence-electron chi connectivity index (χ2n) is 11.1. The normalized spacial score (nSPS) is 19.4. The number of nitrogens with zero attached hydrogens (tertiary/aromatic N) is 7. The molecule has 4 heterocycles. The quantitative estimate of drug-likeness (QED) is 0.274. The van der Waals surface area contributed by atoms with Gasteiger partial charge in [-0.2, -0.15) is 19.9 Å². The lowest BCUT2D eigenvalue weighted by atomic mass is 9.85. The van der Waals surface area contributed by atoms with Crippen molar-refractivity contribution in [3.63, 3.8) is 0 Å². The number of ether oxygens (including phenoxy) is 1. The Hall–Kier alpha value is -3.03. The monoisotopic (exact) mass is 553 g/mol. The number of aromatic nitrogens is 4. The van der Waals surface area contributed by atoms with E-state index in [9.17, 15) is 18.9 Å². The fraction of sp³-hybridized carbons (Fsp3) is 0.538. The third-order valence-electron chi connectivity index (χ3n) is 7.47. The summed E-state index contributed by atoms with van der Waals surface area (Å²) in [5.41, 5.74) is 1.75. The second kappa shape index (κ2) is 10.6. The number of rotatable bonds is 10. The van der Waals surface area contributed by atoms with Crippen LogP contribution in [0.15, 0.2) is 30.9 Å². The van der Waals surface area contributed by atoms with E-state index in [1.165, 1.54) is 4.31 Å². The van der Waals surface area contributed by atoms with Crippen molar-refractivity contribution in [1.29, 1.82) is 10.5 Å². The third kappa shape index (κ3) is 5.27. The van der Waals surface area contributed by atoms with Gasteiger partial charge in [-0.15, -0.1) is 0 Å². The molecule has 12 heteroatoms. The van der Waals surface area contributed by atoms with Gasteiger partial charge in [0.25, 0.3) is 0 Å². The third-order valence-corrected chi connectivity index (χ3v) is 11.0. The molecule has 202 valence electrons. The van der Waals surface area contributed by atoms with Gasteiger partial charge < -0.3 is 9.30 Å². The average Bonchev–Trinajstić information content (AvgIpc) is 3.64. The Morgan fingerprint density at radius 1 is 1.26 bits per heavy atom. The molecule has 1 aliphatic rings. The highest BCUT2D eigenvalue weighted by Crippen LogP contribution is 2.39. The highest BCUT2D eigenvalue weighted by molar-refractivity contribution is 7.89. The Kier molecular flexibility index (Phi) is 7.82. The zero-order valence-corrected chi connectivity index (χ0v) is 24.5. The lowest BCUT2D eigenvalue weighted by Crippen LogP contribution is -2.44. The molecule has 0 saturated carbocycles. The molecule has 0 aliphatic carbocycles. The highest BCUT2D eigenvalue weighted by atomic mass is 32.2. The molecule has 0 bridgehead atoms. The van der Waals surface area contributed by atoms with E-state index in [2.05, 4.69) is 41.9 Å². The molecule has 1 aliphatic heterocycles. The van der Waals surface area contributed by atoms with E-state index >= 15 is 0 Å². The number of fused-ring (bicyclic) bond motifs is 1. The Bertz CT molecular complexity index is 1510. The fourth-order valence-corrected chi connectivity index (χ4v) is 6.85. The Labute approximate surface area is 225 Å². The van der Waals surface area contributed by atoms with Crippen LogP contribution in [0.5, 0.6) is 0 Å². The minimum atomic E-state index is -3.40. The van der Waals surface area contributed by atoms with Gasteiger partial charge in [0.15, 0.2) is 0 Å². The Morgan fingerprint density at radius 2 is 2.03 bits per heavy atom. The van der Waals surface area contributed by atoms with Crippen molar-refractivity contribution in [1.82, 2.24) is 23.6 Å². The largest absolute Gasteiger partial charge is 0.361 e. The second-order valence-corrected chi connectivity index (χ2v) is 19.0. The van der Waals surface area contributed by atoms with Crippen LogP contribution >= 0.6 is 0 Å². The van der Waals surface area contributed by atoms with Gasteiger partial charge in [-0.05, 0) is 32.4 Å². The molecular weight excluding hydrogens is 518 g/mol. The van der Waals surface area contributed by atoms with Gasteiger partial charge >= 0.3 is 0 Å². The molecule has 4 rings (SSSR count). The molecule has 1 fully saturated rings. The minimum absolute atomic E-state index is 0.00768. The SMILES string of the molecule is CCS(=O)(=O)N1CCC(C(C)C#N)(n2cc(-c3c(C#N)cnc4c3ccn4COCC[Si](C)(C)C)cn2)C1. The maximum atomic E-state index is 12.6. The summed E-state index contributed by atoms with van der Waals surface area (Å²) in [5.74, 6) is -0.470. The van der Waals surface area contributed by atoms with Crippen molar-refractivity contribution < 1.29 is 13.2 Å². The number of pyridine rings is 1. The van der Waals surface area contributed by atoms with Crippen LogP contribution in [-0.2, 0) is 27.0 Å². The van der Waals surface area contributed by atoms with Crippen molar-refractivity contribution in [2.45, 2.75) is 58.2 Å². The van der Waals surface area contributed by atoms with Crippen LogP contribution < -0.4 is 0 Å². The van der Waals surface area contributed by atoms with Crippen LogP contribution in [0.4, 0.5) is 0 Å². The maximum absolute atomic E-state index is 12.6. The smallest absolute Gasteiger partial charge is 0.213 e. The molecule has 1 saturated heterocycles. The summed E-state index contributed by atoms with van der Waals surface area (Å²) in [6, 6.07) is 7.56. The van der Waals surface area contributed by atoms with Gasteiger partial charge in [-0.1, -0.05) is 19.6 Å². The first-order valence-electron chi connectivity index (χ1n) is 12.8. The molecule has 2 atom stereocenters. The number of nitriles is 2. The molecule has 0 radical (unpaired) electrons. The summed E-state index contributed by atoms with van der Waals surface area (Å²) in [7, 11) is -4.59. The van der Waals surface area contributed by atoms with Gasteiger partial charge in [0.05, 0.1) is 35.0 Å². The summed E-state index contributed by atoms with van der Waals surface area (Å²) in [4.78, 5) is 4.54. The Balaban J connectivity index is 1.70. The minimum Gasteiger partial charge on any atom is -0.361 e. The van der Waals surface area contributed by atoms with E-state index in [4.69, 9.17) is 4.74 Å². The topological polar surface area (TPSA) is 130 Å². The van der Waals surface area contributed by atoms with Crippen molar-refractivity contribution in [2.24, 2.45) is 5.92 Å². The molecule has 0 aromatic carbocycles. The highest BCUT2D eigenvalue weighted by Gasteiger charge is 2.48. The zero-order valence-electron chi connectivity index (χ0n) is 22.7. The van der Waals surface area contributed by atoms with Crippen LogP contribution in [0.25, 0.3) is 22.2 Å². The van der Waals surface area contributed by atoms with Crippen LogP contribution in [0.3, 0.4) is 0 Å². The number of hydrogen-bond donors (Lipinski definition) is 0. The molecule has 0 N–H and O–H groups in total. The van der Waals surface area contributed by atoms with Gasteiger partial charge in [0.1, 0.15) is 18.4 Å². The van der Waals surface area contributed by atoms with Crippen LogP contribution in [0.2, 0.25) is 25.7 Å². The van der Waals surface area contributed by atoms with Crippen LogP contribution in [0.1, 0.15) is 25.8 Å². The molecule has 10 nitrogen and oxygen atoms in total. The van der Waals surface area contributed by atoms with E-state index in [1.807, 2.05) is 23.0 Å². The first kappa shape index (κ1) is 28.0. The molecule has 0 amide bonds. The fourth-order valence-electron chi connectivity index (χ4n) is 4.94. The maximum Gasteiger partial charge on any atom is 0.213 e. The molecule has 3 aromatic rings. The van der Waals surface area contributed by atoms with Crippen molar-refractivity contribution >= 4 is 29.1 Å². The van der Waals surface area contributed by atoms with E-state index in [0.717, 1.165) is 11.4 Å². The molecule has 38 heavy (non-hydrogen) atoms. The zero-order chi connectivity index (χ0) is 27.7. The molecule has 0 spiro atoms. The number of hydrogen-bond acceptors (Lipinski definition) is 7. The summed E-state index contributed by atoms with van der Waals surface area (Å²) < 4.78 is 36.2. The van der Waals surface area contributed by atoms with E-state index in [1.54, 1.807) is 30.9 Å². The van der Waals surface area contributed by atoms with E-state index in [0.29, 0.717) is 48.6 Å². The molecule has 2 unspecified atom stereocenters. The van der Waals surface area contributed by atoms with Crippen molar-refractivity contribution in [2.75, 3.05) is 25.4 Å². The van der Waals surface area contributed by atoms with Crippen LogP contribution in [0, 0.1) is 28.6 Å². The predicted octanol–water partition coefficient (Wildman–Crippen LogP) is 3.99. The first-order chi connectivity index (χ1) is 18.0. The van der Waals surface area contributed by atoms with Crippen LogP contribution in [-0.4, -0.2) is 65.6 Å². The Morgan fingerprint density at radius 3 is 2.68 bits per heavy atom. The van der Waals surface area contributed by atoms with Crippen molar-refractivity contribution in [3.05, 3.63) is 36.4 Å². The molecule has 3 aromatic heterocycles. The van der Waals surface area contributed by atoms with E-state index < -0.39 is 29.6 Å². The van der Waals surface area contributed by atoms with Gasteiger partial charge in [-0.3, -0.25) is 4.68 Å². The summed E-state index contributed by atoms with van der Waals surface area (Å²) >= 11 is 0. The summed E-state index contributed by atoms with van der Waals surface area (Å²) in [6.07, 6.45) is 7.45. The first-order valence-corrected chi connectivity index (χ1v) is 18.2. The van der Waals surface area contributed by atoms with Gasteiger partial charge in [0.2, 0.25) is 10.0 Å².